The van der Waals surface area contributed by atoms with Crippen LogP contribution in [0.5, 0.6) is 0 Å². The maximum atomic E-state index is 13.8. The van der Waals surface area contributed by atoms with Crippen LogP contribution in [0.2, 0.25) is 0 Å². The van der Waals surface area contributed by atoms with Gasteiger partial charge in [0.05, 0.1) is 10.6 Å². The molecular weight excluding hydrogens is 406 g/mol. The summed E-state index contributed by atoms with van der Waals surface area (Å²) in [7, 11) is -3.67. The van der Waals surface area contributed by atoms with Crippen molar-refractivity contribution in [2.45, 2.75) is 44.2 Å². The average Bonchev–Trinajstić information content (AvgIpc) is 2.77. The van der Waals surface area contributed by atoms with Crippen molar-refractivity contribution in [3.63, 3.8) is 0 Å². The smallest absolute Gasteiger partial charge is 0.264 e. The van der Waals surface area contributed by atoms with E-state index in [9.17, 15) is 8.42 Å². The highest BCUT2D eigenvalue weighted by Crippen LogP contribution is 2.32. The molecule has 3 aromatic rings. The molecule has 0 spiro atoms. The Morgan fingerprint density at radius 1 is 0.935 bits per heavy atom. The van der Waals surface area contributed by atoms with Crippen LogP contribution in [0.4, 0.5) is 5.69 Å². The van der Waals surface area contributed by atoms with E-state index >= 15 is 0 Å². The summed E-state index contributed by atoms with van der Waals surface area (Å²) in [5.74, 6) is 0. The molecule has 0 unspecified atom stereocenters. The Labute approximate surface area is 185 Å². The van der Waals surface area contributed by atoms with Gasteiger partial charge in [0.2, 0.25) is 0 Å². The zero-order chi connectivity index (χ0) is 21.8. The molecule has 0 saturated carbocycles. The fourth-order valence-corrected chi connectivity index (χ4v) is 6.19. The van der Waals surface area contributed by atoms with Gasteiger partial charge in [0.1, 0.15) is 0 Å². The summed E-state index contributed by atoms with van der Waals surface area (Å²) >= 11 is 0. The summed E-state index contributed by atoms with van der Waals surface area (Å²) in [4.78, 5) is 6.86. The molecule has 1 aromatic heterocycles. The number of anilines is 1. The first-order valence-electron chi connectivity index (χ1n) is 10.7. The van der Waals surface area contributed by atoms with E-state index in [2.05, 4.69) is 9.88 Å². The topological polar surface area (TPSA) is 53.5 Å². The zero-order valence-corrected chi connectivity index (χ0v) is 18.9. The fraction of sp³-hybridized carbons (Fsp3) is 0.320. The number of hydrogen-bond donors (Lipinski definition) is 0. The molecule has 0 N–H and O–H groups in total. The van der Waals surface area contributed by atoms with Gasteiger partial charge in [-0.2, -0.15) is 0 Å². The third-order valence-electron chi connectivity index (χ3n) is 5.96. The van der Waals surface area contributed by atoms with Crippen molar-refractivity contribution in [2.75, 3.05) is 17.4 Å². The Kier molecular flexibility index (Phi) is 6.39. The maximum absolute atomic E-state index is 13.8. The number of pyridine rings is 1. The summed E-state index contributed by atoms with van der Waals surface area (Å²) in [6, 6.07) is 19.1. The number of hydrogen-bond acceptors (Lipinski definition) is 4. The fourth-order valence-electron chi connectivity index (χ4n) is 4.25. The predicted molar refractivity (Wildman–Crippen MR) is 125 cm³/mol. The van der Waals surface area contributed by atoms with E-state index in [4.69, 9.17) is 0 Å². The molecule has 1 aliphatic heterocycles. The van der Waals surface area contributed by atoms with E-state index in [-0.39, 0.29) is 6.04 Å². The summed E-state index contributed by atoms with van der Waals surface area (Å²) in [6.07, 6.45) is 5.22. The third kappa shape index (κ3) is 4.81. The molecule has 4 rings (SSSR count). The number of benzene rings is 2. The van der Waals surface area contributed by atoms with Crippen LogP contribution in [-0.4, -0.2) is 37.4 Å². The number of rotatable bonds is 6. The Hall–Kier alpha value is -2.70. The number of likely N-dealkylation sites (tertiary alicyclic amines) is 1. The number of aryl methyl sites for hydroxylation is 2. The molecule has 1 aliphatic rings. The number of nitrogens with zero attached hydrogens (tertiary/aromatic N) is 3. The Morgan fingerprint density at radius 2 is 1.58 bits per heavy atom. The SMILES string of the molecule is Cc1ccc(N(C2CCN(Cc3ccncc3)CC2)S(=O)(=O)c2ccccc2C)cc1. The molecule has 5 nitrogen and oxygen atoms in total. The Balaban J connectivity index is 1.60. The lowest BCUT2D eigenvalue weighted by molar-refractivity contribution is 0.206. The van der Waals surface area contributed by atoms with Crippen LogP contribution >= 0.6 is 0 Å². The molecule has 2 heterocycles. The van der Waals surface area contributed by atoms with Gasteiger partial charge in [0.25, 0.3) is 10.0 Å². The van der Waals surface area contributed by atoms with Crippen LogP contribution < -0.4 is 4.31 Å². The van der Waals surface area contributed by atoms with E-state index in [1.807, 2.05) is 74.8 Å². The largest absolute Gasteiger partial charge is 0.299 e. The summed E-state index contributed by atoms with van der Waals surface area (Å²) in [6.45, 7) is 6.46. The Bertz CT molecular complexity index is 1110. The summed E-state index contributed by atoms with van der Waals surface area (Å²) < 4.78 is 29.3. The van der Waals surface area contributed by atoms with Gasteiger partial charge < -0.3 is 0 Å². The second-order valence-electron chi connectivity index (χ2n) is 8.26. The van der Waals surface area contributed by atoms with Crippen molar-refractivity contribution in [2.24, 2.45) is 0 Å². The molecule has 6 heteroatoms. The first-order valence-corrected chi connectivity index (χ1v) is 12.2. The Morgan fingerprint density at radius 3 is 2.23 bits per heavy atom. The lowest BCUT2D eigenvalue weighted by atomic mass is 10.0. The molecule has 2 aromatic carbocycles. The second-order valence-corrected chi connectivity index (χ2v) is 10.0. The minimum atomic E-state index is -3.67. The van der Waals surface area contributed by atoms with Gasteiger partial charge in [0, 0.05) is 38.1 Å². The standard InChI is InChI=1S/C25H29N3O2S/c1-20-7-9-23(10-8-20)28(31(29,30)25-6-4-3-5-21(25)2)24-13-17-27(18-14-24)19-22-11-15-26-16-12-22/h3-12,15-16,24H,13-14,17-19H2,1-2H3. The molecule has 1 saturated heterocycles. The van der Waals surface area contributed by atoms with Gasteiger partial charge in [-0.3, -0.25) is 14.2 Å². The van der Waals surface area contributed by atoms with E-state index in [0.717, 1.165) is 49.3 Å². The van der Waals surface area contributed by atoms with E-state index in [1.54, 1.807) is 16.4 Å². The van der Waals surface area contributed by atoms with Gasteiger partial charge in [-0.05, 0) is 68.1 Å². The highest BCUT2D eigenvalue weighted by molar-refractivity contribution is 7.93. The maximum Gasteiger partial charge on any atom is 0.264 e. The quantitative estimate of drug-likeness (QED) is 0.570. The highest BCUT2D eigenvalue weighted by Gasteiger charge is 2.34. The van der Waals surface area contributed by atoms with Crippen molar-refractivity contribution in [1.82, 2.24) is 9.88 Å². The molecular formula is C25H29N3O2S. The lowest BCUT2D eigenvalue weighted by Crippen LogP contribution is -2.47. The molecule has 0 bridgehead atoms. The zero-order valence-electron chi connectivity index (χ0n) is 18.1. The normalized spacial score (nSPS) is 15.7. The molecule has 31 heavy (non-hydrogen) atoms. The summed E-state index contributed by atoms with van der Waals surface area (Å²) in [5, 5.41) is 0. The first kappa shape index (κ1) is 21.5. The van der Waals surface area contributed by atoms with E-state index in [1.165, 1.54) is 5.56 Å². The number of aromatic nitrogens is 1. The van der Waals surface area contributed by atoms with Crippen molar-refractivity contribution in [1.29, 1.82) is 0 Å². The lowest BCUT2D eigenvalue weighted by Gasteiger charge is -2.39. The van der Waals surface area contributed by atoms with Crippen molar-refractivity contribution >= 4 is 15.7 Å². The first-order chi connectivity index (χ1) is 14.9. The van der Waals surface area contributed by atoms with E-state index < -0.39 is 10.0 Å². The van der Waals surface area contributed by atoms with Gasteiger partial charge in [-0.15, -0.1) is 0 Å². The number of sulfonamides is 1. The van der Waals surface area contributed by atoms with Crippen LogP contribution in [0.25, 0.3) is 0 Å². The van der Waals surface area contributed by atoms with Gasteiger partial charge in [-0.1, -0.05) is 35.9 Å². The van der Waals surface area contributed by atoms with E-state index in [0.29, 0.717) is 4.90 Å². The molecule has 0 amide bonds. The molecule has 0 aliphatic carbocycles. The van der Waals surface area contributed by atoms with Crippen LogP contribution in [-0.2, 0) is 16.6 Å². The van der Waals surface area contributed by atoms with Crippen molar-refractivity contribution in [3.8, 4) is 0 Å². The van der Waals surface area contributed by atoms with Crippen molar-refractivity contribution in [3.05, 3.63) is 89.7 Å². The van der Waals surface area contributed by atoms with Crippen LogP contribution in [0.15, 0.2) is 78.0 Å². The predicted octanol–water partition coefficient (Wildman–Crippen LogP) is 4.56. The second kappa shape index (κ2) is 9.20. The summed E-state index contributed by atoms with van der Waals surface area (Å²) in [5.41, 5.74) is 3.86. The van der Waals surface area contributed by atoms with Crippen LogP contribution in [0, 0.1) is 13.8 Å². The van der Waals surface area contributed by atoms with Gasteiger partial charge >= 0.3 is 0 Å². The number of piperidine rings is 1. The molecule has 0 atom stereocenters. The highest BCUT2D eigenvalue weighted by atomic mass is 32.2. The minimum Gasteiger partial charge on any atom is -0.299 e. The molecule has 162 valence electrons. The molecule has 0 radical (unpaired) electrons. The van der Waals surface area contributed by atoms with Crippen LogP contribution in [0.3, 0.4) is 0 Å². The van der Waals surface area contributed by atoms with Crippen LogP contribution in [0.1, 0.15) is 29.5 Å². The minimum absolute atomic E-state index is 0.0685. The molecule has 1 fully saturated rings. The third-order valence-corrected chi connectivity index (χ3v) is 8.00. The van der Waals surface area contributed by atoms with Gasteiger partial charge in [-0.25, -0.2) is 8.42 Å². The average molecular weight is 436 g/mol. The van der Waals surface area contributed by atoms with Gasteiger partial charge in [0.15, 0.2) is 0 Å². The van der Waals surface area contributed by atoms with Crippen molar-refractivity contribution < 1.29 is 8.42 Å². The monoisotopic (exact) mass is 435 g/mol.